The molecule has 1 atom stereocenters. The molecule has 0 aliphatic heterocycles. The molecule has 1 aromatic heterocycles. The average molecular weight is 333 g/mol. The highest BCUT2D eigenvalue weighted by Gasteiger charge is 2.14. The number of ether oxygens (including phenoxy) is 1. The molecule has 0 spiro atoms. The Labute approximate surface area is 138 Å². The zero-order chi connectivity index (χ0) is 16.8. The van der Waals surface area contributed by atoms with Gasteiger partial charge in [-0.2, -0.15) is 0 Å². The summed E-state index contributed by atoms with van der Waals surface area (Å²) >= 11 is 0.984. The number of hydrogen-bond donors (Lipinski definition) is 2. The van der Waals surface area contributed by atoms with E-state index in [0.29, 0.717) is 4.88 Å². The number of carbonyl (C=O) groups excluding carboxylic acids is 1. The van der Waals surface area contributed by atoms with Crippen molar-refractivity contribution in [1.82, 2.24) is 5.32 Å². The van der Waals surface area contributed by atoms with Crippen molar-refractivity contribution < 1.29 is 19.4 Å². The molecule has 0 saturated carbocycles. The molecule has 122 valence electrons. The molecule has 0 radical (unpaired) electrons. The normalized spacial score (nSPS) is 11.7. The van der Waals surface area contributed by atoms with Crippen molar-refractivity contribution in [3.8, 4) is 5.75 Å². The number of rotatable bonds is 7. The van der Waals surface area contributed by atoms with E-state index in [4.69, 9.17) is 9.84 Å². The fourth-order valence-corrected chi connectivity index (χ4v) is 2.87. The van der Waals surface area contributed by atoms with E-state index in [1.54, 1.807) is 13.2 Å². The topological polar surface area (TPSA) is 75.6 Å². The number of amides is 1. The SMILES string of the molecule is COc1ccc(CCC(C)NC(=O)c2ccc(C(=O)O)s2)cc1. The number of carboxylic acids is 1. The number of methoxy groups -OCH3 is 1. The predicted octanol–water partition coefficient (Wildman–Crippen LogP) is 3.21. The van der Waals surface area contributed by atoms with Crippen LogP contribution in [0.4, 0.5) is 0 Å². The van der Waals surface area contributed by atoms with Gasteiger partial charge in [0.2, 0.25) is 0 Å². The van der Waals surface area contributed by atoms with E-state index < -0.39 is 5.97 Å². The minimum atomic E-state index is -1.01. The van der Waals surface area contributed by atoms with E-state index in [9.17, 15) is 9.59 Å². The monoisotopic (exact) mass is 333 g/mol. The lowest BCUT2D eigenvalue weighted by atomic mass is 10.1. The van der Waals surface area contributed by atoms with Gasteiger partial charge in [-0.15, -0.1) is 11.3 Å². The first-order valence-corrected chi connectivity index (χ1v) is 8.08. The second-order valence-electron chi connectivity index (χ2n) is 5.23. The van der Waals surface area contributed by atoms with Crippen LogP contribution < -0.4 is 10.1 Å². The molecule has 5 nitrogen and oxygen atoms in total. The number of carbonyl (C=O) groups is 2. The van der Waals surface area contributed by atoms with Crippen LogP contribution in [0.5, 0.6) is 5.75 Å². The van der Waals surface area contributed by atoms with Crippen LogP contribution in [0.1, 0.15) is 38.3 Å². The maximum Gasteiger partial charge on any atom is 0.345 e. The fraction of sp³-hybridized carbons (Fsp3) is 0.294. The number of hydrogen-bond acceptors (Lipinski definition) is 4. The predicted molar refractivity (Wildman–Crippen MR) is 89.5 cm³/mol. The molecule has 6 heteroatoms. The Morgan fingerprint density at radius 3 is 2.39 bits per heavy atom. The lowest BCUT2D eigenvalue weighted by Crippen LogP contribution is -2.32. The summed E-state index contributed by atoms with van der Waals surface area (Å²) in [7, 11) is 1.63. The van der Waals surface area contributed by atoms with E-state index in [0.717, 1.165) is 29.9 Å². The number of benzene rings is 1. The quantitative estimate of drug-likeness (QED) is 0.816. The first kappa shape index (κ1) is 17.0. The van der Waals surface area contributed by atoms with Gasteiger partial charge in [-0.3, -0.25) is 4.79 Å². The third-order valence-corrected chi connectivity index (χ3v) is 4.52. The zero-order valence-corrected chi connectivity index (χ0v) is 13.9. The van der Waals surface area contributed by atoms with Gasteiger partial charge in [0.1, 0.15) is 10.6 Å². The standard InChI is InChI=1S/C17H19NO4S/c1-11(3-4-12-5-7-13(22-2)8-6-12)18-16(19)14-9-10-15(23-14)17(20)21/h5-11H,3-4H2,1-2H3,(H,18,19)(H,20,21). The van der Waals surface area contributed by atoms with Gasteiger partial charge in [-0.1, -0.05) is 12.1 Å². The Hall–Kier alpha value is -2.34. The van der Waals surface area contributed by atoms with E-state index in [1.807, 2.05) is 31.2 Å². The first-order valence-electron chi connectivity index (χ1n) is 7.26. The molecule has 0 aliphatic carbocycles. The van der Waals surface area contributed by atoms with Gasteiger partial charge in [0.15, 0.2) is 0 Å². The molecule has 2 aromatic rings. The molecular formula is C17H19NO4S. The highest BCUT2D eigenvalue weighted by Crippen LogP contribution is 2.17. The molecule has 2 N–H and O–H groups in total. The Morgan fingerprint density at radius 2 is 1.83 bits per heavy atom. The van der Waals surface area contributed by atoms with Crippen LogP contribution in [0.15, 0.2) is 36.4 Å². The minimum absolute atomic E-state index is 0.0000188. The van der Waals surface area contributed by atoms with Crippen LogP contribution in [0.2, 0.25) is 0 Å². The van der Waals surface area contributed by atoms with Gasteiger partial charge in [-0.05, 0) is 49.6 Å². The summed E-state index contributed by atoms with van der Waals surface area (Å²) < 4.78 is 5.12. The van der Waals surface area contributed by atoms with E-state index in [2.05, 4.69) is 5.32 Å². The molecular weight excluding hydrogens is 314 g/mol. The number of carboxylic acid groups (broad SMARTS) is 1. The third-order valence-electron chi connectivity index (χ3n) is 3.44. The van der Waals surface area contributed by atoms with Crippen LogP contribution in [-0.2, 0) is 6.42 Å². The van der Waals surface area contributed by atoms with Crippen molar-refractivity contribution in [3.63, 3.8) is 0 Å². The molecule has 1 unspecified atom stereocenters. The number of aromatic carboxylic acids is 1. The molecule has 0 bridgehead atoms. The smallest absolute Gasteiger partial charge is 0.345 e. The highest BCUT2D eigenvalue weighted by molar-refractivity contribution is 7.15. The molecule has 1 aromatic carbocycles. The van der Waals surface area contributed by atoms with Gasteiger partial charge >= 0.3 is 5.97 Å². The molecule has 0 aliphatic rings. The maximum atomic E-state index is 12.1. The maximum absolute atomic E-state index is 12.1. The zero-order valence-electron chi connectivity index (χ0n) is 13.0. The van der Waals surface area contributed by atoms with Crippen LogP contribution in [0.3, 0.4) is 0 Å². The summed E-state index contributed by atoms with van der Waals surface area (Å²) in [6, 6.07) is 10.8. The van der Waals surface area contributed by atoms with Crippen LogP contribution in [0.25, 0.3) is 0 Å². The largest absolute Gasteiger partial charge is 0.497 e. The summed E-state index contributed by atoms with van der Waals surface area (Å²) in [4.78, 5) is 23.5. The average Bonchev–Trinajstić information content (AvgIpc) is 3.04. The molecule has 0 saturated heterocycles. The molecule has 23 heavy (non-hydrogen) atoms. The summed E-state index contributed by atoms with van der Waals surface area (Å²) in [6.45, 7) is 1.94. The summed E-state index contributed by atoms with van der Waals surface area (Å²) in [5, 5.41) is 11.8. The Balaban J connectivity index is 1.84. The van der Waals surface area contributed by atoms with Crippen LogP contribution in [0, 0.1) is 0 Å². The van der Waals surface area contributed by atoms with Crippen molar-refractivity contribution in [3.05, 3.63) is 51.7 Å². The summed E-state index contributed by atoms with van der Waals surface area (Å²) in [5.41, 5.74) is 1.18. The van der Waals surface area contributed by atoms with Gasteiger partial charge < -0.3 is 15.2 Å². The molecule has 0 fully saturated rings. The van der Waals surface area contributed by atoms with Crippen molar-refractivity contribution in [2.75, 3.05) is 7.11 Å². The van der Waals surface area contributed by atoms with Gasteiger partial charge in [0.25, 0.3) is 5.91 Å². The number of aryl methyl sites for hydroxylation is 1. The highest BCUT2D eigenvalue weighted by atomic mass is 32.1. The van der Waals surface area contributed by atoms with Gasteiger partial charge in [-0.25, -0.2) is 4.79 Å². The Kier molecular flexibility index (Phi) is 5.76. The van der Waals surface area contributed by atoms with Crippen molar-refractivity contribution in [2.24, 2.45) is 0 Å². The molecule has 2 rings (SSSR count). The van der Waals surface area contributed by atoms with Gasteiger partial charge in [0, 0.05) is 6.04 Å². The Morgan fingerprint density at radius 1 is 1.17 bits per heavy atom. The van der Waals surface area contributed by atoms with Crippen LogP contribution >= 0.6 is 11.3 Å². The Bertz CT molecular complexity index is 678. The first-order chi connectivity index (χ1) is 11.0. The van der Waals surface area contributed by atoms with Crippen molar-refractivity contribution >= 4 is 23.2 Å². The molecule has 1 heterocycles. The van der Waals surface area contributed by atoms with E-state index >= 15 is 0 Å². The lowest BCUT2D eigenvalue weighted by molar-refractivity contribution is 0.0702. The van der Waals surface area contributed by atoms with E-state index in [1.165, 1.54) is 11.6 Å². The number of nitrogens with one attached hydrogen (secondary N) is 1. The molecule has 1 amide bonds. The summed E-state index contributed by atoms with van der Waals surface area (Å²) in [6.07, 6.45) is 1.64. The van der Waals surface area contributed by atoms with E-state index in [-0.39, 0.29) is 16.8 Å². The fourth-order valence-electron chi connectivity index (χ4n) is 2.12. The lowest BCUT2D eigenvalue weighted by Gasteiger charge is -2.13. The number of thiophene rings is 1. The summed E-state index contributed by atoms with van der Waals surface area (Å²) in [5.74, 6) is -0.423. The third kappa shape index (κ3) is 4.82. The van der Waals surface area contributed by atoms with Crippen LogP contribution in [-0.4, -0.2) is 30.1 Å². The van der Waals surface area contributed by atoms with Crippen molar-refractivity contribution in [1.29, 1.82) is 0 Å². The minimum Gasteiger partial charge on any atom is -0.497 e. The second-order valence-corrected chi connectivity index (χ2v) is 6.31. The second kappa shape index (κ2) is 7.78. The van der Waals surface area contributed by atoms with Crippen molar-refractivity contribution in [2.45, 2.75) is 25.8 Å². The van der Waals surface area contributed by atoms with Gasteiger partial charge in [0.05, 0.1) is 12.0 Å².